The first-order valence-corrected chi connectivity index (χ1v) is 7.22. The smallest absolute Gasteiger partial charge is 0.310 e. The molecule has 2 aromatic heterocycles. The van der Waals surface area contributed by atoms with Crippen LogP contribution in [0.25, 0.3) is 11.0 Å². The van der Waals surface area contributed by atoms with E-state index >= 15 is 0 Å². The molecule has 0 aromatic carbocycles. The summed E-state index contributed by atoms with van der Waals surface area (Å²) in [7, 11) is 0. The van der Waals surface area contributed by atoms with Crippen molar-refractivity contribution in [2.24, 2.45) is 5.41 Å². The molecule has 2 aromatic rings. The van der Waals surface area contributed by atoms with E-state index in [9.17, 15) is 9.90 Å². The molecule has 0 bridgehead atoms. The van der Waals surface area contributed by atoms with Gasteiger partial charge in [-0.1, -0.05) is 25.7 Å². The maximum absolute atomic E-state index is 11.8. The zero-order valence-electron chi connectivity index (χ0n) is 11.4. The van der Waals surface area contributed by atoms with E-state index in [4.69, 9.17) is 0 Å². The predicted molar refractivity (Wildman–Crippen MR) is 75.4 cm³/mol. The van der Waals surface area contributed by atoms with E-state index in [0.717, 1.165) is 55.4 Å². The number of pyridine rings is 1. The van der Waals surface area contributed by atoms with Crippen molar-refractivity contribution in [2.45, 2.75) is 44.9 Å². The van der Waals surface area contributed by atoms with Crippen molar-refractivity contribution in [1.29, 1.82) is 0 Å². The summed E-state index contributed by atoms with van der Waals surface area (Å²) in [6.07, 6.45) is 9.67. The zero-order chi connectivity index (χ0) is 14.0. The standard InChI is InChI=1S/C15H19N3O2/c19-14(20)15(6-3-1-2-4-7-15)9-13-17-11-5-8-16-10-12(11)18-13/h5,8,10H,1-4,6-7,9H2,(H,17,18)(H,19,20). The number of aromatic nitrogens is 3. The fraction of sp³-hybridized carbons (Fsp3) is 0.533. The van der Waals surface area contributed by atoms with Crippen molar-refractivity contribution in [2.75, 3.05) is 0 Å². The largest absolute Gasteiger partial charge is 0.481 e. The molecule has 1 saturated carbocycles. The summed E-state index contributed by atoms with van der Waals surface area (Å²) in [6, 6.07) is 1.84. The van der Waals surface area contributed by atoms with Crippen molar-refractivity contribution in [3.63, 3.8) is 0 Å². The van der Waals surface area contributed by atoms with Crippen LogP contribution in [0.1, 0.15) is 44.3 Å². The van der Waals surface area contributed by atoms with Crippen molar-refractivity contribution in [1.82, 2.24) is 15.0 Å². The Hall–Kier alpha value is -1.91. The summed E-state index contributed by atoms with van der Waals surface area (Å²) in [5.41, 5.74) is 1.07. The number of carboxylic acids is 1. The number of rotatable bonds is 3. The minimum atomic E-state index is -0.682. The van der Waals surface area contributed by atoms with E-state index in [1.54, 1.807) is 12.4 Å². The van der Waals surface area contributed by atoms with Gasteiger partial charge in [-0.05, 0) is 18.9 Å². The van der Waals surface area contributed by atoms with Gasteiger partial charge in [0.2, 0.25) is 0 Å². The van der Waals surface area contributed by atoms with E-state index in [2.05, 4.69) is 15.0 Å². The fourth-order valence-electron chi connectivity index (χ4n) is 3.19. The Morgan fingerprint density at radius 1 is 1.30 bits per heavy atom. The van der Waals surface area contributed by atoms with Crippen molar-refractivity contribution in [3.05, 3.63) is 24.3 Å². The van der Waals surface area contributed by atoms with E-state index in [0.29, 0.717) is 6.42 Å². The van der Waals surface area contributed by atoms with Gasteiger partial charge in [-0.2, -0.15) is 0 Å². The molecule has 0 unspecified atom stereocenters. The molecule has 0 saturated heterocycles. The maximum Gasteiger partial charge on any atom is 0.310 e. The third-order valence-electron chi connectivity index (χ3n) is 4.35. The molecular weight excluding hydrogens is 254 g/mol. The van der Waals surface area contributed by atoms with Crippen LogP contribution in [0, 0.1) is 5.41 Å². The molecule has 2 heterocycles. The van der Waals surface area contributed by atoms with Gasteiger partial charge < -0.3 is 10.1 Å². The van der Waals surface area contributed by atoms with Crippen molar-refractivity contribution < 1.29 is 9.90 Å². The summed E-state index contributed by atoms with van der Waals surface area (Å²) < 4.78 is 0. The first-order valence-electron chi connectivity index (χ1n) is 7.22. The molecule has 5 nitrogen and oxygen atoms in total. The van der Waals surface area contributed by atoms with E-state index in [1.807, 2.05) is 6.07 Å². The van der Waals surface area contributed by atoms with Crippen LogP contribution in [-0.4, -0.2) is 26.0 Å². The Balaban J connectivity index is 1.90. The molecule has 0 spiro atoms. The van der Waals surface area contributed by atoms with Gasteiger partial charge in [-0.3, -0.25) is 9.78 Å². The van der Waals surface area contributed by atoms with Crippen LogP contribution in [0.5, 0.6) is 0 Å². The number of imidazole rings is 1. The Labute approximate surface area is 117 Å². The molecule has 0 aliphatic heterocycles. The average Bonchev–Trinajstić information content (AvgIpc) is 2.67. The van der Waals surface area contributed by atoms with Crippen LogP contribution in [0.15, 0.2) is 18.5 Å². The van der Waals surface area contributed by atoms with Crippen LogP contribution in [0.3, 0.4) is 0 Å². The van der Waals surface area contributed by atoms with Crippen LogP contribution >= 0.6 is 0 Å². The van der Waals surface area contributed by atoms with Gasteiger partial charge in [-0.15, -0.1) is 0 Å². The number of nitrogens with one attached hydrogen (secondary N) is 1. The summed E-state index contributed by atoms with van der Waals surface area (Å²) in [4.78, 5) is 23.6. The fourth-order valence-corrected chi connectivity index (χ4v) is 3.19. The molecule has 1 fully saturated rings. The van der Waals surface area contributed by atoms with Crippen LogP contribution in [-0.2, 0) is 11.2 Å². The minimum Gasteiger partial charge on any atom is -0.481 e. The van der Waals surface area contributed by atoms with Gasteiger partial charge in [0, 0.05) is 12.6 Å². The number of fused-ring (bicyclic) bond motifs is 1. The monoisotopic (exact) mass is 273 g/mol. The number of aromatic amines is 1. The van der Waals surface area contributed by atoms with Crippen molar-refractivity contribution in [3.8, 4) is 0 Å². The molecule has 1 aliphatic carbocycles. The average molecular weight is 273 g/mol. The minimum absolute atomic E-state index is 0.483. The lowest BCUT2D eigenvalue weighted by atomic mass is 9.77. The van der Waals surface area contributed by atoms with Crippen LogP contribution in [0.4, 0.5) is 0 Å². The number of carbonyl (C=O) groups is 1. The lowest BCUT2D eigenvalue weighted by Crippen LogP contribution is -2.33. The highest BCUT2D eigenvalue weighted by Crippen LogP contribution is 2.38. The number of nitrogens with zero attached hydrogens (tertiary/aromatic N) is 2. The van der Waals surface area contributed by atoms with Crippen LogP contribution in [0.2, 0.25) is 0 Å². The number of H-pyrrole nitrogens is 1. The number of hydrogen-bond donors (Lipinski definition) is 2. The second kappa shape index (κ2) is 5.23. The molecule has 5 heteroatoms. The SMILES string of the molecule is O=C(O)C1(Cc2nc3ccncc3[nH]2)CCCCCC1. The number of hydrogen-bond acceptors (Lipinski definition) is 3. The predicted octanol–water partition coefficient (Wildman–Crippen LogP) is 2.93. The van der Waals surface area contributed by atoms with E-state index in [-0.39, 0.29) is 0 Å². The first-order chi connectivity index (χ1) is 9.70. The molecule has 106 valence electrons. The maximum atomic E-state index is 11.8. The highest BCUT2D eigenvalue weighted by molar-refractivity contribution is 5.76. The Morgan fingerprint density at radius 2 is 2.05 bits per heavy atom. The second-order valence-electron chi connectivity index (χ2n) is 5.75. The summed E-state index contributed by atoms with van der Waals surface area (Å²) in [6.45, 7) is 0. The van der Waals surface area contributed by atoms with Gasteiger partial charge in [0.05, 0.1) is 22.6 Å². The molecule has 1 aliphatic rings. The number of carboxylic acid groups (broad SMARTS) is 1. The van der Waals surface area contributed by atoms with Gasteiger partial charge in [0.15, 0.2) is 0 Å². The molecule has 0 amide bonds. The molecule has 20 heavy (non-hydrogen) atoms. The van der Waals surface area contributed by atoms with Crippen LogP contribution < -0.4 is 0 Å². The van der Waals surface area contributed by atoms with E-state index < -0.39 is 11.4 Å². The topological polar surface area (TPSA) is 78.9 Å². The highest BCUT2D eigenvalue weighted by Gasteiger charge is 2.39. The summed E-state index contributed by atoms with van der Waals surface area (Å²) in [5, 5.41) is 9.70. The highest BCUT2D eigenvalue weighted by atomic mass is 16.4. The lowest BCUT2D eigenvalue weighted by Gasteiger charge is -2.26. The third kappa shape index (κ3) is 2.40. The van der Waals surface area contributed by atoms with E-state index in [1.165, 1.54) is 0 Å². The quantitative estimate of drug-likeness (QED) is 0.843. The molecule has 0 radical (unpaired) electrons. The van der Waals surface area contributed by atoms with Crippen molar-refractivity contribution >= 4 is 17.0 Å². The van der Waals surface area contributed by atoms with Gasteiger partial charge in [0.1, 0.15) is 5.82 Å². The summed E-state index contributed by atoms with van der Waals surface area (Å²) in [5.74, 6) is 0.0790. The lowest BCUT2D eigenvalue weighted by molar-refractivity contribution is -0.150. The van der Waals surface area contributed by atoms with Gasteiger partial charge in [0.25, 0.3) is 0 Å². The van der Waals surface area contributed by atoms with Gasteiger partial charge in [-0.25, -0.2) is 4.98 Å². The Bertz CT molecular complexity index is 579. The second-order valence-corrected chi connectivity index (χ2v) is 5.75. The molecular formula is C15H19N3O2. The normalized spacial score (nSPS) is 18.8. The molecule has 3 rings (SSSR count). The zero-order valence-corrected chi connectivity index (χ0v) is 11.4. The Morgan fingerprint density at radius 3 is 2.70 bits per heavy atom. The third-order valence-corrected chi connectivity index (χ3v) is 4.35. The Kier molecular flexibility index (Phi) is 3.42. The number of aliphatic carboxylic acids is 1. The first kappa shape index (κ1) is 13.1. The van der Waals surface area contributed by atoms with Gasteiger partial charge >= 0.3 is 5.97 Å². The summed E-state index contributed by atoms with van der Waals surface area (Å²) >= 11 is 0. The molecule has 0 atom stereocenters. The molecule has 2 N–H and O–H groups in total.